The molecule has 0 saturated carbocycles. The van der Waals surface area contributed by atoms with Gasteiger partial charge in [-0.15, -0.1) is 0 Å². The summed E-state index contributed by atoms with van der Waals surface area (Å²) in [6, 6.07) is 4.98. The maximum Gasteiger partial charge on any atom is 0.304 e. The molecule has 0 unspecified atom stereocenters. The van der Waals surface area contributed by atoms with E-state index < -0.39 is 83.2 Å². The summed E-state index contributed by atoms with van der Waals surface area (Å²) in [5.41, 5.74) is -0.414. The number of ether oxygens (including phenoxy) is 6. The number of Topliss-reactive ketones (excluding diaryl/α,β-unsaturated/α-hetero) is 1. The Kier molecular flexibility index (Phi) is 14.3. The number of ketones is 1. The van der Waals surface area contributed by atoms with Gasteiger partial charge in [0.15, 0.2) is 11.3 Å². The number of carbonyl (C=O) groups is 3. The van der Waals surface area contributed by atoms with E-state index >= 15 is 0 Å². The number of aromatic nitrogens is 1. The number of aliphatic hydroxyl groups excluding tert-OH is 1. The summed E-state index contributed by atoms with van der Waals surface area (Å²) in [6.45, 7) is 12.8. The number of hydrogen-bond acceptors (Lipinski definition) is 15. The van der Waals surface area contributed by atoms with Gasteiger partial charge in [-0.25, -0.2) is 4.98 Å². The van der Waals surface area contributed by atoms with Crippen molar-refractivity contribution in [2.75, 3.05) is 46.8 Å². The number of nitrogens with one attached hydrogen (secondary N) is 1. The molecule has 1 aliphatic carbocycles. The summed E-state index contributed by atoms with van der Waals surface area (Å²) < 4.78 is 42.0. The van der Waals surface area contributed by atoms with Crippen LogP contribution in [-0.4, -0.2) is 110 Å². The van der Waals surface area contributed by atoms with E-state index in [-0.39, 0.29) is 55.9 Å². The van der Waals surface area contributed by atoms with Crippen molar-refractivity contribution in [1.82, 2.24) is 9.88 Å². The Labute approximate surface area is 365 Å². The van der Waals surface area contributed by atoms with E-state index in [1.54, 1.807) is 43.4 Å². The number of aromatic hydroxyl groups is 1. The smallest absolute Gasteiger partial charge is 0.304 e. The van der Waals surface area contributed by atoms with Crippen molar-refractivity contribution in [3.05, 3.63) is 75.7 Å². The average molecular weight is 872 g/mol. The van der Waals surface area contributed by atoms with Gasteiger partial charge in [0.25, 0.3) is 5.91 Å². The number of allylic oxidation sites excluding steroid dienone is 2. The van der Waals surface area contributed by atoms with Crippen LogP contribution in [0.4, 0.5) is 5.69 Å². The average Bonchev–Trinajstić information content (AvgIpc) is 3.57. The minimum atomic E-state index is -1.56. The number of carbonyl (C=O) groups excluding carboxylic acids is 3. The summed E-state index contributed by atoms with van der Waals surface area (Å²) in [6.07, 6.45) is 3.16. The molecular formula is C47H57N3O13. The molecule has 0 spiro atoms. The molecule has 338 valence electrons. The molecule has 1 amide bonds. The number of amides is 1. The number of likely N-dealkylation sites (N-methyl/N-ethyl adjacent to an activating group) is 1. The normalized spacial score (nSPS) is 27.8. The highest BCUT2D eigenvalue weighted by Crippen LogP contribution is 2.48. The van der Waals surface area contributed by atoms with E-state index in [0.717, 1.165) is 0 Å². The van der Waals surface area contributed by atoms with Crippen molar-refractivity contribution in [3.8, 4) is 28.7 Å². The van der Waals surface area contributed by atoms with Crippen molar-refractivity contribution in [3.63, 3.8) is 0 Å². The topological polar surface area (TPSA) is 205 Å². The molecular weight excluding hydrogens is 815 g/mol. The lowest BCUT2D eigenvalue weighted by Gasteiger charge is -2.39. The molecule has 5 aliphatic rings. The first-order valence-electron chi connectivity index (χ1n) is 20.9. The van der Waals surface area contributed by atoms with Crippen LogP contribution in [0.2, 0.25) is 0 Å². The van der Waals surface area contributed by atoms with Gasteiger partial charge >= 0.3 is 12.3 Å². The van der Waals surface area contributed by atoms with Crippen LogP contribution in [0.3, 0.4) is 0 Å². The van der Waals surface area contributed by atoms with E-state index in [4.69, 9.17) is 37.8 Å². The molecule has 0 radical (unpaired) electrons. The van der Waals surface area contributed by atoms with E-state index in [1.807, 2.05) is 46.7 Å². The molecule has 5 bridgehead atoms. The highest BCUT2D eigenvalue weighted by molar-refractivity contribution is 6.21. The Bertz CT molecular complexity index is 2510. The molecule has 0 saturated heterocycles. The summed E-state index contributed by atoms with van der Waals surface area (Å²) in [4.78, 5) is 62.3. The highest BCUT2D eigenvalue weighted by atomic mass is 16.7. The lowest BCUT2D eigenvalue weighted by atomic mass is 9.78. The largest absolute Gasteiger partial charge is 0.507 e. The number of methoxy groups -OCH3 is 2. The van der Waals surface area contributed by atoms with Crippen LogP contribution in [0, 0.1) is 30.6 Å². The number of anilines is 1. The van der Waals surface area contributed by atoms with Gasteiger partial charge in [-0.2, -0.15) is 0 Å². The first kappa shape index (κ1) is 46.7. The van der Waals surface area contributed by atoms with Crippen molar-refractivity contribution >= 4 is 45.2 Å². The van der Waals surface area contributed by atoms with E-state index in [9.17, 15) is 29.4 Å². The molecule has 9 atom stereocenters. The molecule has 0 fully saturated rings. The zero-order valence-corrected chi connectivity index (χ0v) is 37.5. The SMILES string of the molecule is CO[C@H]1[C@@H](C)[C@H](OC(C)=O)[C@H](C)[C@@H](OC)/C=C/O[C@H]2Oc3c(C)c(O)c4c(=O)c(c5oc6cc(OCCN(C)C)ccc6nc-5c4c3C2=O)NC(=O)/C(C)=C\C=C\[C@H](C)[C@H](O)[C@H]1C. The van der Waals surface area contributed by atoms with Gasteiger partial charge in [0.2, 0.25) is 11.2 Å². The van der Waals surface area contributed by atoms with Crippen LogP contribution in [0.1, 0.15) is 57.5 Å². The van der Waals surface area contributed by atoms with Crippen LogP contribution >= 0.6 is 0 Å². The molecule has 2 aromatic carbocycles. The Hall–Kier alpha value is -5.81. The predicted octanol–water partition coefficient (Wildman–Crippen LogP) is 6.15. The Morgan fingerprint density at radius 1 is 0.968 bits per heavy atom. The maximum atomic E-state index is 14.7. The van der Waals surface area contributed by atoms with Crippen LogP contribution in [-0.2, 0) is 28.5 Å². The standard InChI is InChI=1S/C47H57N3O13/c1-22-13-12-14-23(2)46(56)49-37-40(54)34-33(36-45(37)62-32-21-29(15-16-30(32)48-36)59-20-18-50(8)9)35-41(55)47(63-44(35)26(5)39(34)53)60-19-17-31(57-10)24(3)43(61-28(7)51)27(6)42(58-11)25(4)38(22)52/h12-17,19,21-22,24-25,27,31,38,42-43,47,52-53H,18,20H2,1-11H3,(H,49,56)/b13-12+,19-17+,23-14-/t22-,24+,25+,27+,31-,38-,42+,43+,47-/m0/s1. The first-order valence-corrected chi connectivity index (χ1v) is 20.9. The quantitative estimate of drug-likeness (QED) is 0.108. The van der Waals surface area contributed by atoms with Crippen molar-refractivity contribution in [2.24, 2.45) is 23.7 Å². The van der Waals surface area contributed by atoms with Gasteiger partial charge in [-0.3, -0.25) is 19.2 Å². The van der Waals surface area contributed by atoms with Gasteiger partial charge < -0.3 is 53.3 Å². The molecule has 3 N–H and O–H groups in total. The third kappa shape index (κ3) is 9.30. The highest BCUT2D eigenvalue weighted by Gasteiger charge is 2.43. The molecule has 63 heavy (non-hydrogen) atoms. The van der Waals surface area contributed by atoms with Gasteiger partial charge in [0.05, 0.1) is 35.5 Å². The number of nitrogens with zero attached hydrogens (tertiary/aromatic N) is 2. The molecule has 16 heteroatoms. The van der Waals surface area contributed by atoms with Crippen LogP contribution in [0.15, 0.2) is 63.6 Å². The predicted molar refractivity (Wildman–Crippen MR) is 235 cm³/mol. The first-order chi connectivity index (χ1) is 29.9. The molecule has 0 aromatic heterocycles. The second kappa shape index (κ2) is 19.3. The molecule has 4 heterocycles. The van der Waals surface area contributed by atoms with Crippen LogP contribution in [0.25, 0.3) is 33.3 Å². The molecule has 16 nitrogen and oxygen atoms in total. The number of aliphatic hydroxyl groups is 1. The van der Waals surface area contributed by atoms with Crippen LogP contribution in [0.5, 0.6) is 17.2 Å². The van der Waals surface area contributed by atoms with E-state index in [2.05, 4.69) is 5.32 Å². The number of esters is 1. The second-order valence-electron chi connectivity index (χ2n) is 16.7. The van der Waals surface area contributed by atoms with Gasteiger partial charge in [0, 0.05) is 73.9 Å². The van der Waals surface area contributed by atoms with Gasteiger partial charge in [-0.05, 0) is 46.2 Å². The lowest BCUT2D eigenvalue weighted by Crippen LogP contribution is -2.47. The fourth-order valence-electron chi connectivity index (χ4n) is 8.44. The summed E-state index contributed by atoms with van der Waals surface area (Å²) in [7, 11) is 6.85. The molecule has 2 aromatic rings. The summed E-state index contributed by atoms with van der Waals surface area (Å²) >= 11 is 0. The Balaban J connectivity index is 1.55. The van der Waals surface area contributed by atoms with Crippen molar-refractivity contribution in [2.45, 2.75) is 79.2 Å². The van der Waals surface area contributed by atoms with Crippen molar-refractivity contribution in [1.29, 1.82) is 0 Å². The van der Waals surface area contributed by atoms with E-state index in [0.29, 0.717) is 24.4 Å². The minimum Gasteiger partial charge on any atom is -0.507 e. The third-order valence-corrected chi connectivity index (χ3v) is 12.0. The second-order valence-corrected chi connectivity index (χ2v) is 16.7. The number of hydrogen-bond donors (Lipinski definition) is 3. The fraction of sp³-hybridized carbons (Fsp3) is 0.468. The third-order valence-electron chi connectivity index (χ3n) is 12.0. The number of phenols is 1. The minimum absolute atomic E-state index is 0.00504. The van der Waals surface area contributed by atoms with Gasteiger partial charge in [0.1, 0.15) is 46.9 Å². The van der Waals surface area contributed by atoms with Crippen LogP contribution < -0.4 is 20.2 Å². The number of rotatable bonds is 7. The molecule has 4 aliphatic heterocycles. The van der Waals surface area contributed by atoms with Gasteiger partial charge in [-0.1, -0.05) is 45.9 Å². The number of phenolic OH excluding ortho intramolecular Hbond substituents is 1. The van der Waals surface area contributed by atoms with Crippen molar-refractivity contribution < 1.29 is 57.4 Å². The fourth-order valence-corrected chi connectivity index (χ4v) is 8.44. The summed E-state index contributed by atoms with van der Waals surface area (Å²) in [5, 5.41) is 25.6. The summed E-state index contributed by atoms with van der Waals surface area (Å²) in [5.74, 6) is -3.91. The maximum absolute atomic E-state index is 14.7. The number of benzene rings is 3. The lowest BCUT2D eigenvalue weighted by molar-refractivity contribution is -0.162. The zero-order chi connectivity index (χ0) is 46.0. The Morgan fingerprint density at radius 3 is 2.37 bits per heavy atom. The monoisotopic (exact) mass is 871 g/mol. The molecule has 7 rings (SSSR count). The Morgan fingerprint density at radius 2 is 1.70 bits per heavy atom. The van der Waals surface area contributed by atoms with E-state index in [1.165, 1.54) is 40.4 Å². The zero-order valence-electron chi connectivity index (χ0n) is 37.5. The number of fused-ring (bicyclic) bond motifs is 14.